The minimum Gasteiger partial charge on any atom is -0.332 e. The highest BCUT2D eigenvalue weighted by molar-refractivity contribution is 7.09. The lowest BCUT2D eigenvalue weighted by Gasteiger charge is -2.26. The van der Waals surface area contributed by atoms with E-state index in [0.717, 1.165) is 30.2 Å². The van der Waals surface area contributed by atoms with Crippen LogP contribution in [0.25, 0.3) is 0 Å². The summed E-state index contributed by atoms with van der Waals surface area (Å²) < 4.78 is 0. The molecule has 2 rings (SSSR count). The Bertz CT molecular complexity index is 635. The van der Waals surface area contributed by atoms with E-state index in [1.165, 1.54) is 11.3 Å². The van der Waals surface area contributed by atoms with Gasteiger partial charge in [-0.1, -0.05) is 44.2 Å². The van der Waals surface area contributed by atoms with Crippen molar-refractivity contribution in [3.8, 4) is 0 Å². The van der Waals surface area contributed by atoms with Crippen molar-refractivity contribution in [1.82, 2.24) is 14.8 Å². The molecular weight excluding hydrogens is 391 g/mol. The molecule has 146 valence electrons. The molecule has 0 unspecified atom stereocenters. The predicted octanol–water partition coefficient (Wildman–Crippen LogP) is 3.43. The third kappa shape index (κ3) is 7.21. The van der Waals surface area contributed by atoms with Gasteiger partial charge in [0.25, 0.3) is 5.91 Å². The van der Waals surface area contributed by atoms with Gasteiger partial charge in [-0.15, -0.1) is 36.2 Å². The van der Waals surface area contributed by atoms with Gasteiger partial charge in [-0.05, 0) is 18.7 Å². The molecule has 26 heavy (non-hydrogen) atoms. The second-order valence-corrected chi connectivity index (χ2v) is 6.51. The Morgan fingerprint density at radius 3 is 2.31 bits per heavy atom. The highest BCUT2D eigenvalue weighted by atomic mass is 35.5. The number of carbonyl (C=O) groups excluding carboxylic acids is 1. The van der Waals surface area contributed by atoms with Gasteiger partial charge in [0.2, 0.25) is 0 Å². The van der Waals surface area contributed by atoms with Gasteiger partial charge < -0.3 is 15.5 Å². The Kier molecular flexibility index (Phi) is 12.5. The maximum atomic E-state index is 12.9. The number of aromatic nitrogens is 1. The maximum absolute atomic E-state index is 12.9. The second-order valence-electron chi connectivity index (χ2n) is 5.57. The van der Waals surface area contributed by atoms with Crippen LogP contribution in [0.2, 0.25) is 0 Å². The number of benzene rings is 1. The molecule has 0 aliphatic heterocycles. The van der Waals surface area contributed by atoms with Gasteiger partial charge in [0.1, 0.15) is 10.7 Å². The molecular formula is C18H28Cl2N4OS. The molecule has 0 atom stereocenters. The van der Waals surface area contributed by atoms with E-state index in [1.807, 2.05) is 35.2 Å². The number of carbonyl (C=O) groups is 1. The molecule has 0 spiro atoms. The zero-order valence-corrected chi connectivity index (χ0v) is 17.7. The van der Waals surface area contributed by atoms with Crippen LogP contribution >= 0.6 is 36.2 Å². The molecule has 1 aromatic heterocycles. The molecule has 2 N–H and O–H groups in total. The van der Waals surface area contributed by atoms with Crippen LogP contribution in [0.4, 0.5) is 0 Å². The van der Waals surface area contributed by atoms with Crippen molar-refractivity contribution < 1.29 is 4.79 Å². The summed E-state index contributed by atoms with van der Waals surface area (Å²) in [5.41, 5.74) is 7.23. The minimum atomic E-state index is -0.0260. The summed E-state index contributed by atoms with van der Waals surface area (Å²) in [6.45, 7) is 8.76. The number of nitrogens with two attached hydrogens (primary N) is 1. The topological polar surface area (TPSA) is 62.5 Å². The average Bonchev–Trinajstić information content (AvgIpc) is 3.11. The van der Waals surface area contributed by atoms with E-state index in [0.29, 0.717) is 25.3 Å². The minimum absolute atomic E-state index is 0. The van der Waals surface area contributed by atoms with Crippen LogP contribution in [0.15, 0.2) is 35.7 Å². The molecule has 1 heterocycles. The largest absolute Gasteiger partial charge is 0.332 e. The summed E-state index contributed by atoms with van der Waals surface area (Å²) in [4.78, 5) is 21.4. The lowest BCUT2D eigenvalue weighted by Crippen LogP contribution is -2.38. The first-order valence-electron chi connectivity index (χ1n) is 8.37. The van der Waals surface area contributed by atoms with Gasteiger partial charge in [-0.25, -0.2) is 4.98 Å². The molecule has 0 aliphatic rings. The van der Waals surface area contributed by atoms with Gasteiger partial charge in [-0.3, -0.25) is 4.79 Å². The van der Waals surface area contributed by atoms with Crippen LogP contribution in [-0.2, 0) is 13.1 Å². The van der Waals surface area contributed by atoms with Crippen LogP contribution in [-0.4, -0.2) is 46.9 Å². The summed E-state index contributed by atoms with van der Waals surface area (Å²) in [5, 5.41) is 2.60. The summed E-state index contributed by atoms with van der Waals surface area (Å²) in [5.74, 6) is -0.0260. The average molecular weight is 419 g/mol. The molecule has 0 fully saturated rings. The van der Waals surface area contributed by atoms with Crippen molar-refractivity contribution in [3.05, 3.63) is 52.0 Å². The molecule has 2 aromatic rings. The first kappa shape index (κ1) is 24.8. The Morgan fingerprint density at radius 1 is 1.12 bits per heavy atom. The molecule has 0 aliphatic carbocycles. The highest BCUT2D eigenvalue weighted by Crippen LogP contribution is 2.14. The van der Waals surface area contributed by atoms with Crippen molar-refractivity contribution in [1.29, 1.82) is 0 Å². The quantitative estimate of drug-likeness (QED) is 0.677. The zero-order valence-electron chi connectivity index (χ0n) is 15.3. The summed E-state index contributed by atoms with van der Waals surface area (Å²) in [7, 11) is 0. The molecule has 0 radical (unpaired) electrons. The number of likely N-dealkylation sites (N-methyl/N-ethyl adjacent to an activating group) is 1. The number of amides is 1. The van der Waals surface area contributed by atoms with Crippen molar-refractivity contribution in [2.45, 2.75) is 26.9 Å². The smallest absolute Gasteiger partial charge is 0.273 e. The Hall–Kier alpha value is -1.18. The molecule has 0 bridgehead atoms. The third-order valence-corrected chi connectivity index (χ3v) is 4.90. The van der Waals surface area contributed by atoms with E-state index < -0.39 is 0 Å². The third-order valence-electron chi connectivity index (χ3n) is 4.03. The SMILES string of the molecule is CCN(CC)CCN(Cc1ccccc1)C(=O)c1csc(CN)n1.Cl.Cl. The van der Waals surface area contributed by atoms with E-state index in [4.69, 9.17) is 5.73 Å². The van der Waals surface area contributed by atoms with Crippen molar-refractivity contribution >= 4 is 42.1 Å². The fourth-order valence-corrected chi connectivity index (χ4v) is 3.17. The van der Waals surface area contributed by atoms with Crippen LogP contribution in [0, 0.1) is 0 Å². The van der Waals surface area contributed by atoms with Gasteiger partial charge in [-0.2, -0.15) is 0 Å². The predicted molar refractivity (Wildman–Crippen MR) is 113 cm³/mol. The Morgan fingerprint density at radius 2 is 1.77 bits per heavy atom. The number of nitrogens with zero attached hydrogens (tertiary/aromatic N) is 3. The van der Waals surface area contributed by atoms with Crippen LogP contribution in [0.5, 0.6) is 0 Å². The lowest BCUT2D eigenvalue weighted by molar-refractivity contribution is 0.0718. The molecule has 0 saturated heterocycles. The van der Waals surface area contributed by atoms with Gasteiger partial charge in [0.15, 0.2) is 0 Å². The fourth-order valence-electron chi connectivity index (χ4n) is 2.52. The first-order valence-corrected chi connectivity index (χ1v) is 9.25. The second kappa shape index (κ2) is 13.1. The molecule has 8 heteroatoms. The van der Waals surface area contributed by atoms with Crippen molar-refractivity contribution in [3.63, 3.8) is 0 Å². The molecule has 5 nitrogen and oxygen atoms in total. The van der Waals surface area contributed by atoms with Crippen LogP contribution in [0.3, 0.4) is 0 Å². The Balaban J connectivity index is 0.00000312. The number of halogens is 2. The maximum Gasteiger partial charge on any atom is 0.273 e. The van der Waals surface area contributed by atoms with Crippen molar-refractivity contribution in [2.75, 3.05) is 26.2 Å². The summed E-state index contributed by atoms with van der Waals surface area (Å²) in [6.07, 6.45) is 0. The van der Waals surface area contributed by atoms with Gasteiger partial charge >= 0.3 is 0 Å². The van der Waals surface area contributed by atoms with E-state index in [2.05, 4.69) is 23.7 Å². The summed E-state index contributed by atoms with van der Waals surface area (Å²) >= 11 is 1.44. The number of rotatable bonds is 9. The number of thiazole rings is 1. The normalized spacial score (nSPS) is 10.2. The summed E-state index contributed by atoms with van der Waals surface area (Å²) in [6, 6.07) is 10.1. The molecule has 0 saturated carbocycles. The van der Waals surface area contributed by atoms with Crippen molar-refractivity contribution in [2.24, 2.45) is 5.73 Å². The number of hydrogen-bond donors (Lipinski definition) is 1. The monoisotopic (exact) mass is 418 g/mol. The van der Waals surface area contributed by atoms with E-state index in [1.54, 1.807) is 5.38 Å². The fraction of sp³-hybridized carbons (Fsp3) is 0.444. The highest BCUT2D eigenvalue weighted by Gasteiger charge is 2.19. The number of hydrogen-bond acceptors (Lipinski definition) is 5. The van der Waals surface area contributed by atoms with E-state index in [-0.39, 0.29) is 30.7 Å². The van der Waals surface area contributed by atoms with E-state index in [9.17, 15) is 4.79 Å². The first-order chi connectivity index (χ1) is 11.7. The van der Waals surface area contributed by atoms with E-state index >= 15 is 0 Å². The lowest BCUT2D eigenvalue weighted by atomic mass is 10.2. The molecule has 1 aromatic carbocycles. The van der Waals surface area contributed by atoms with Crippen LogP contribution in [0.1, 0.15) is 34.9 Å². The molecule has 1 amide bonds. The van der Waals surface area contributed by atoms with Crippen LogP contribution < -0.4 is 5.73 Å². The standard InChI is InChI=1S/C18H26N4OS.2ClH/c1-3-21(4-2)10-11-22(13-15-8-6-5-7-9-15)18(23)16-14-24-17(12-19)20-16;;/h5-9,14H,3-4,10-13,19H2,1-2H3;2*1H. The van der Waals surface area contributed by atoms with Gasteiger partial charge in [0, 0.05) is 31.6 Å². The Labute approximate surface area is 172 Å². The van der Waals surface area contributed by atoms with Gasteiger partial charge in [0.05, 0.1) is 0 Å². The zero-order chi connectivity index (χ0) is 17.4.